The molecule has 2 fully saturated rings. The number of hydrogen-bond acceptors (Lipinski definition) is 4. The van der Waals surface area contributed by atoms with Gasteiger partial charge < -0.3 is 15.1 Å². The third-order valence-electron chi connectivity index (χ3n) is 5.58. The van der Waals surface area contributed by atoms with Gasteiger partial charge in [0, 0.05) is 19.2 Å². The monoisotopic (exact) mass is 318 g/mol. The molecule has 1 aliphatic heterocycles. The maximum Gasteiger partial charge on any atom is 0.336 e. The van der Waals surface area contributed by atoms with Crippen molar-refractivity contribution in [2.75, 3.05) is 13.1 Å². The van der Waals surface area contributed by atoms with E-state index < -0.39 is 11.0 Å². The van der Waals surface area contributed by atoms with E-state index in [0.29, 0.717) is 36.4 Å². The van der Waals surface area contributed by atoms with E-state index in [-0.39, 0.29) is 23.1 Å². The molecular formula is C17H22N2O4. The highest BCUT2D eigenvalue weighted by Crippen LogP contribution is 2.62. The van der Waals surface area contributed by atoms with Crippen LogP contribution >= 0.6 is 0 Å². The van der Waals surface area contributed by atoms with Crippen molar-refractivity contribution in [1.29, 1.82) is 0 Å². The molecule has 0 aromatic carbocycles. The first-order valence-corrected chi connectivity index (χ1v) is 7.79. The topological polar surface area (TPSA) is 93.6 Å². The van der Waals surface area contributed by atoms with E-state index in [2.05, 4.69) is 13.8 Å². The Kier molecular flexibility index (Phi) is 3.22. The molecule has 0 radical (unpaired) electrons. The number of amides is 2. The minimum Gasteiger partial charge on any atom is -0.427 e. The zero-order valence-corrected chi connectivity index (χ0v) is 13.9. The molecule has 1 saturated carbocycles. The Morgan fingerprint density at radius 1 is 1.35 bits per heavy atom. The number of carbonyl (C=O) groups excluding carboxylic acids is 2. The van der Waals surface area contributed by atoms with Crippen LogP contribution in [0.25, 0.3) is 0 Å². The summed E-state index contributed by atoms with van der Waals surface area (Å²) >= 11 is 0. The van der Waals surface area contributed by atoms with Crippen LogP contribution in [0.1, 0.15) is 41.9 Å². The molecule has 3 rings (SSSR count). The first-order chi connectivity index (χ1) is 10.6. The molecule has 6 heteroatoms. The molecule has 2 atom stereocenters. The van der Waals surface area contributed by atoms with Crippen LogP contribution in [0, 0.1) is 30.6 Å². The summed E-state index contributed by atoms with van der Waals surface area (Å²) in [5, 5.41) is 0. The van der Waals surface area contributed by atoms with Crippen LogP contribution in [0.15, 0.2) is 15.3 Å². The van der Waals surface area contributed by atoms with Crippen LogP contribution in [0.5, 0.6) is 0 Å². The summed E-state index contributed by atoms with van der Waals surface area (Å²) in [5.74, 6) is -0.140. The second-order valence-electron chi connectivity index (χ2n) is 7.60. The lowest BCUT2D eigenvalue weighted by molar-refractivity contribution is -0.148. The van der Waals surface area contributed by atoms with Crippen LogP contribution in [0.2, 0.25) is 0 Å². The van der Waals surface area contributed by atoms with Gasteiger partial charge in [-0.25, -0.2) is 4.79 Å². The summed E-state index contributed by atoms with van der Waals surface area (Å²) < 4.78 is 5.06. The number of likely N-dealkylation sites (tertiary alicyclic amines) is 1. The number of rotatable bonds is 2. The molecule has 124 valence electrons. The summed E-state index contributed by atoms with van der Waals surface area (Å²) in [6.07, 6.45) is 0.700. The summed E-state index contributed by atoms with van der Waals surface area (Å²) in [4.78, 5) is 38.0. The third-order valence-corrected chi connectivity index (χ3v) is 5.58. The van der Waals surface area contributed by atoms with Crippen molar-refractivity contribution >= 4 is 11.8 Å². The Morgan fingerprint density at radius 3 is 2.48 bits per heavy atom. The second-order valence-corrected chi connectivity index (χ2v) is 7.60. The number of aryl methyl sites for hydroxylation is 2. The Labute approximate surface area is 134 Å². The highest BCUT2D eigenvalue weighted by molar-refractivity contribution is 5.97. The first-order valence-electron chi connectivity index (χ1n) is 7.79. The van der Waals surface area contributed by atoms with Gasteiger partial charge in [0.05, 0.1) is 11.0 Å². The first kappa shape index (κ1) is 15.8. The quantitative estimate of drug-likeness (QED) is 0.887. The summed E-state index contributed by atoms with van der Waals surface area (Å²) in [7, 11) is 0. The fraction of sp³-hybridized carbons (Fsp3) is 0.588. The van der Waals surface area contributed by atoms with Gasteiger partial charge in [0.1, 0.15) is 5.76 Å². The van der Waals surface area contributed by atoms with Crippen molar-refractivity contribution in [2.45, 2.75) is 34.1 Å². The van der Waals surface area contributed by atoms with Gasteiger partial charge in [-0.1, -0.05) is 13.8 Å². The second kappa shape index (κ2) is 4.69. The smallest absolute Gasteiger partial charge is 0.336 e. The normalized spacial score (nSPS) is 28.2. The van der Waals surface area contributed by atoms with Gasteiger partial charge in [0.15, 0.2) is 0 Å². The molecule has 1 aliphatic carbocycles. The average Bonchev–Trinajstić information content (AvgIpc) is 2.73. The maximum atomic E-state index is 12.9. The van der Waals surface area contributed by atoms with Crippen LogP contribution in [-0.4, -0.2) is 29.8 Å². The average molecular weight is 318 g/mol. The van der Waals surface area contributed by atoms with Gasteiger partial charge in [-0.3, -0.25) is 9.59 Å². The largest absolute Gasteiger partial charge is 0.427 e. The van der Waals surface area contributed by atoms with Crippen LogP contribution in [0.3, 0.4) is 0 Å². The third kappa shape index (κ3) is 2.11. The number of nitrogens with zero attached hydrogens (tertiary/aromatic N) is 1. The van der Waals surface area contributed by atoms with Crippen LogP contribution in [-0.2, 0) is 4.79 Å². The fourth-order valence-corrected chi connectivity index (χ4v) is 4.62. The van der Waals surface area contributed by atoms with E-state index in [9.17, 15) is 14.4 Å². The molecular weight excluding hydrogens is 296 g/mol. The van der Waals surface area contributed by atoms with Gasteiger partial charge in [-0.05, 0) is 37.2 Å². The van der Waals surface area contributed by atoms with E-state index >= 15 is 0 Å². The highest BCUT2D eigenvalue weighted by Gasteiger charge is 2.66. The Hall–Kier alpha value is -2.11. The van der Waals surface area contributed by atoms with E-state index in [4.69, 9.17) is 10.2 Å². The predicted octanol–water partition coefficient (Wildman–Crippen LogP) is 1.23. The van der Waals surface area contributed by atoms with Crippen molar-refractivity contribution in [3.63, 3.8) is 0 Å². The number of nitrogens with two attached hydrogens (primary N) is 1. The van der Waals surface area contributed by atoms with E-state index in [1.54, 1.807) is 18.7 Å². The van der Waals surface area contributed by atoms with Crippen molar-refractivity contribution in [1.82, 2.24) is 4.90 Å². The van der Waals surface area contributed by atoms with Crippen LogP contribution < -0.4 is 11.4 Å². The number of hydrogen-bond donors (Lipinski definition) is 1. The molecule has 2 heterocycles. The zero-order chi connectivity index (χ0) is 17.2. The van der Waals surface area contributed by atoms with Crippen molar-refractivity contribution in [2.24, 2.45) is 22.5 Å². The van der Waals surface area contributed by atoms with Gasteiger partial charge in [-0.15, -0.1) is 0 Å². The van der Waals surface area contributed by atoms with Crippen molar-refractivity contribution in [3.05, 3.63) is 33.4 Å². The van der Waals surface area contributed by atoms with Gasteiger partial charge in [0.2, 0.25) is 5.91 Å². The molecule has 2 amide bonds. The highest BCUT2D eigenvalue weighted by atomic mass is 16.4. The molecule has 1 saturated heterocycles. The van der Waals surface area contributed by atoms with Gasteiger partial charge in [-0.2, -0.15) is 0 Å². The van der Waals surface area contributed by atoms with E-state index in [0.717, 1.165) is 0 Å². The standard InChI is InChI=1S/C17H22N2O4/c1-9-5-12(20)23-10(2)13(9)14(21)19-6-11-16(3,4)7-17(11,8-19)15(18)22/h5,11H,6-8H2,1-4H3,(H2,18,22)/t11-,17+/m1/s1. The lowest BCUT2D eigenvalue weighted by Crippen LogP contribution is -2.59. The lowest BCUT2D eigenvalue weighted by Gasteiger charge is -2.54. The Morgan fingerprint density at radius 2 is 2.00 bits per heavy atom. The zero-order valence-electron chi connectivity index (χ0n) is 13.9. The summed E-state index contributed by atoms with van der Waals surface area (Å²) in [5.41, 5.74) is 5.56. The number of fused-ring (bicyclic) bond motifs is 1. The van der Waals surface area contributed by atoms with E-state index in [1.165, 1.54) is 6.07 Å². The molecule has 1 aromatic heterocycles. The van der Waals surface area contributed by atoms with Gasteiger partial charge >= 0.3 is 5.63 Å². The summed E-state index contributed by atoms with van der Waals surface area (Å²) in [6, 6.07) is 1.32. The fourth-order valence-electron chi connectivity index (χ4n) is 4.62. The van der Waals surface area contributed by atoms with E-state index in [1.807, 2.05) is 0 Å². The molecule has 2 N–H and O–H groups in total. The molecule has 0 unspecified atom stereocenters. The van der Waals surface area contributed by atoms with Crippen molar-refractivity contribution < 1.29 is 14.0 Å². The summed E-state index contributed by atoms with van der Waals surface area (Å²) in [6.45, 7) is 8.38. The van der Waals surface area contributed by atoms with Crippen LogP contribution in [0.4, 0.5) is 0 Å². The molecule has 6 nitrogen and oxygen atoms in total. The number of primary amides is 1. The number of carbonyl (C=O) groups is 2. The molecule has 23 heavy (non-hydrogen) atoms. The Bertz CT molecular complexity index is 738. The SMILES string of the molecule is Cc1cc(=O)oc(C)c1C(=O)N1C[C@@H]2C(C)(C)C[C@]2(C(N)=O)C1. The molecule has 0 bridgehead atoms. The minimum atomic E-state index is -0.614. The molecule has 0 spiro atoms. The molecule has 1 aromatic rings. The lowest BCUT2D eigenvalue weighted by atomic mass is 9.48. The van der Waals surface area contributed by atoms with Crippen molar-refractivity contribution in [3.8, 4) is 0 Å². The predicted molar refractivity (Wildman–Crippen MR) is 83.9 cm³/mol. The minimum absolute atomic E-state index is 0.00258. The maximum absolute atomic E-state index is 12.9. The Balaban J connectivity index is 1.94. The van der Waals surface area contributed by atoms with Gasteiger partial charge in [0.25, 0.3) is 5.91 Å². The molecule has 2 aliphatic rings.